The summed E-state index contributed by atoms with van der Waals surface area (Å²) < 4.78 is 4.73. The number of carbonyl (C=O) groups is 2. The van der Waals surface area contributed by atoms with Crippen molar-refractivity contribution in [3.63, 3.8) is 0 Å². The van der Waals surface area contributed by atoms with Gasteiger partial charge in [-0.25, -0.2) is 4.79 Å². The first-order valence-electron chi connectivity index (χ1n) is 5.58. The maximum absolute atomic E-state index is 11.9. The molecule has 0 saturated carbocycles. The molecular weight excluding hydrogens is 260 g/mol. The lowest BCUT2D eigenvalue weighted by molar-refractivity contribution is -0.137. The van der Waals surface area contributed by atoms with Gasteiger partial charge in [0.25, 0.3) is 5.78 Å². The first-order chi connectivity index (χ1) is 8.13. The number of halogens is 1. The number of rotatable bonds is 3. The van der Waals surface area contributed by atoms with Gasteiger partial charge in [0.2, 0.25) is 0 Å². The largest absolute Gasteiger partial charge is 0.460 e. The number of ketones is 1. The number of esters is 1. The molecule has 0 fully saturated rings. The number of alkyl halides is 1. The Morgan fingerprint density at radius 3 is 3.06 bits per heavy atom. The molecule has 0 saturated heterocycles. The van der Waals surface area contributed by atoms with E-state index in [1.54, 1.807) is 6.92 Å². The minimum atomic E-state index is -0.759. The van der Waals surface area contributed by atoms with E-state index in [4.69, 9.17) is 16.3 Å². The molecule has 2 rings (SSSR count). The number of hydrogen-bond donors (Lipinski definition) is 0. The average molecular weight is 273 g/mol. The second-order valence-corrected chi connectivity index (χ2v) is 5.46. The van der Waals surface area contributed by atoms with E-state index in [0.717, 1.165) is 30.4 Å². The molecule has 0 radical (unpaired) electrons. The van der Waals surface area contributed by atoms with Crippen molar-refractivity contribution in [3.8, 4) is 0 Å². The Kier molecular flexibility index (Phi) is 3.84. The van der Waals surface area contributed by atoms with Crippen molar-refractivity contribution in [2.24, 2.45) is 0 Å². The maximum Gasteiger partial charge on any atom is 0.380 e. The smallest absolute Gasteiger partial charge is 0.380 e. The van der Waals surface area contributed by atoms with Crippen molar-refractivity contribution in [1.82, 2.24) is 0 Å². The van der Waals surface area contributed by atoms with Gasteiger partial charge in [0.05, 0.1) is 11.5 Å². The topological polar surface area (TPSA) is 43.4 Å². The van der Waals surface area contributed by atoms with Crippen LogP contribution in [-0.2, 0) is 22.4 Å². The van der Waals surface area contributed by atoms with Crippen LogP contribution in [0.3, 0.4) is 0 Å². The van der Waals surface area contributed by atoms with Gasteiger partial charge >= 0.3 is 5.97 Å². The van der Waals surface area contributed by atoms with Gasteiger partial charge in [-0.3, -0.25) is 4.79 Å². The van der Waals surface area contributed by atoms with Crippen LogP contribution in [0.2, 0.25) is 0 Å². The number of Topliss-reactive ketones (excluding diaryl/α,β-unsaturated/α-hetero) is 1. The minimum absolute atomic E-state index is 0.141. The van der Waals surface area contributed by atoms with Crippen molar-refractivity contribution in [1.29, 1.82) is 0 Å². The predicted octanol–water partition coefficient (Wildman–Crippen LogP) is 2.59. The van der Waals surface area contributed by atoms with E-state index >= 15 is 0 Å². The molecule has 0 aromatic carbocycles. The van der Waals surface area contributed by atoms with Crippen LogP contribution in [-0.4, -0.2) is 23.7 Å². The Balaban J connectivity index is 2.23. The lowest BCUT2D eigenvalue weighted by Gasteiger charge is -2.17. The fourth-order valence-corrected chi connectivity index (χ4v) is 3.32. The van der Waals surface area contributed by atoms with E-state index in [0.29, 0.717) is 4.88 Å². The lowest BCUT2D eigenvalue weighted by Crippen LogP contribution is -2.20. The highest BCUT2D eigenvalue weighted by Crippen LogP contribution is 2.32. The molecule has 5 heteroatoms. The standard InChI is InChI=1S/C12H13ClO3S/c1-2-16-12(15)10(14)11-9-4-3-8(13)5-7(9)6-17-11/h6,8H,2-5H2,1H3. The van der Waals surface area contributed by atoms with Crippen LogP contribution >= 0.6 is 22.9 Å². The summed E-state index contributed by atoms with van der Waals surface area (Å²) in [5.41, 5.74) is 2.10. The Hall–Kier alpha value is -0.870. The molecule has 1 unspecified atom stereocenters. The van der Waals surface area contributed by atoms with Crippen molar-refractivity contribution >= 4 is 34.7 Å². The molecule has 1 heterocycles. The lowest BCUT2D eigenvalue weighted by atomic mass is 9.93. The summed E-state index contributed by atoms with van der Waals surface area (Å²) in [4.78, 5) is 23.8. The molecule has 0 spiro atoms. The second kappa shape index (κ2) is 5.19. The summed E-state index contributed by atoms with van der Waals surface area (Å²) in [5.74, 6) is -1.28. The highest BCUT2D eigenvalue weighted by atomic mass is 35.5. The average Bonchev–Trinajstić information content (AvgIpc) is 2.71. The van der Waals surface area contributed by atoms with Crippen LogP contribution in [0.5, 0.6) is 0 Å². The van der Waals surface area contributed by atoms with Crippen molar-refractivity contribution in [3.05, 3.63) is 21.4 Å². The molecule has 0 N–H and O–H groups in total. The van der Waals surface area contributed by atoms with Crippen LogP contribution in [0.25, 0.3) is 0 Å². The molecule has 1 aliphatic rings. The van der Waals surface area contributed by atoms with Gasteiger partial charge < -0.3 is 4.74 Å². The molecule has 0 bridgehead atoms. The summed E-state index contributed by atoms with van der Waals surface area (Å²) in [6.45, 7) is 1.91. The highest BCUT2D eigenvalue weighted by molar-refractivity contribution is 7.13. The number of fused-ring (bicyclic) bond motifs is 1. The molecule has 1 aliphatic carbocycles. The SMILES string of the molecule is CCOC(=O)C(=O)c1scc2c1CCC(Cl)C2. The van der Waals surface area contributed by atoms with Crippen LogP contribution in [0.4, 0.5) is 0 Å². The number of hydrogen-bond acceptors (Lipinski definition) is 4. The molecule has 92 valence electrons. The molecule has 0 aliphatic heterocycles. The normalized spacial score (nSPS) is 18.6. The monoisotopic (exact) mass is 272 g/mol. The molecular formula is C12H13ClO3S. The van der Waals surface area contributed by atoms with E-state index in [1.165, 1.54) is 11.3 Å². The van der Waals surface area contributed by atoms with E-state index in [2.05, 4.69) is 0 Å². The third-order valence-electron chi connectivity index (χ3n) is 2.80. The Labute approximate surface area is 109 Å². The zero-order valence-electron chi connectivity index (χ0n) is 9.49. The first kappa shape index (κ1) is 12.6. The van der Waals surface area contributed by atoms with Gasteiger partial charge in [-0.1, -0.05) is 0 Å². The Bertz CT molecular complexity index is 453. The van der Waals surface area contributed by atoms with E-state index in [9.17, 15) is 9.59 Å². The summed E-state index contributed by atoms with van der Waals surface area (Å²) in [6.07, 6.45) is 2.41. The van der Waals surface area contributed by atoms with Gasteiger partial charge in [-0.05, 0) is 42.7 Å². The molecule has 3 nitrogen and oxygen atoms in total. The summed E-state index contributed by atoms with van der Waals surface area (Å²) in [6, 6.07) is 0. The fraction of sp³-hybridized carbons (Fsp3) is 0.500. The summed E-state index contributed by atoms with van der Waals surface area (Å²) in [7, 11) is 0. The van der Waals surface area contributed by atoms with Crippen LogP contribution in [0.15, 0.2) is 5.38 Å². The van der Waals surface area contributed by atoms with Crippen molar-refractivity contribution in [2.45, 2.75) is 31.6 Å². The molecule has 0 amide bonds. The van der Waals surface area contributed by atoms with E-state index in [1.807, 2.05) is 5.38 Å². The van der Waals surface area contributed by atoms with E-state index in [-0.39, 0.29) is 12.0 Å². The zero-order chi connectivity index (χ0) is 12.4. The second-order valence-electron chi connectivity index (χ2n) is 3.96. The van der Waals surface area contributed by atoms with Gasteiger partial charge in [-0.15, -0.1) is 22.9 Å². The van der Waals surface area contributed by atoms with Gasteiger partial charge in [0.1, 0.15) is 0 Å². The zero-order valence-corrected chi connectivity index (χ0v) is 11.1. The third kappa shape index (κ3) is 2.53. The first-order valence-corrected chi connectivity index (χ1v) is 6.89. The summed E-state index contributed by atoms with van der Waals surface area (Å²) in [5, 5.41) is 2.07. The van der Waals surface area contributed by atoms with Crippen LogP contribution < -0.4 is 0 Å². The Morgan fingerprint density at radius 2 is 2.35 bits per heavy atom. The Morgan fingerprint density at radius 1 is 1.59 bits per heavy atom. The quantitative estimate of drug-likeness (QED) is 0.368. The molecule has 1 aromatic rings. The predicted molar refractivity (Wildman–Crippen MR) is 66.9 cm³/mol. The number of ether oxygens (including phenoxy) is 1. The molecule has 17 heavy (non-hydrogen) atoms. The minimum Gasteiger partial charge on any atom is -0.460 e. The fourth-order valence-electron chi connectivity index (χ4n) is 1.99. The van der Waals surface area contributed by atoms with E-state index < -0.39 is 11.8 Å². The van der Waals surface area contributed by atoms with Gasteiger partial charge in [0, 0.05) is 5.38 Å². The maximum atomic E-state index is 11.9. The number of thiophene rings is 1. The van der Waals surface area contributed by atoms with Crippen LogP contribution in [0.1, 0.15) is 34.1 Å². The van der Waals surface area contributed by atoms with Gasteiger partial charge in [0.15, 0.2) is 0 Å². The highest BCUT2D eigenvalue weighted by Gasteiger charge is 2.27. The molecule has 1 atom stereocenters. The number of carbonyl (C=O) groups excluding carboxylic acids is 2. The third-order valence-corrected chi connectivity index (χ3v) is 4.24. The van der Waals surface area contributed by atoms with Gasteiger partial charge in [-0.2, -0.15) is 0 Å². The van der Waals surface area contributed by atoms with Crippen LogP contribution in [0, 0.1) is 0 Å². The van der Waals surface area contributed by atoms with Crippen molar-refractivity contribution < 1.29 is 14.3 Å². The van der Waals surface area contributed by atoms with Crippen molar-refractivity contribution in [2.75, 3.05) is 6.61 Å². The summed E-state index contributed by atoms with van der Waals surface area (Å²) >= 11 is 7.39. The molecule has 1 aromatic heterocycles.